The molecule has 0 spiro atoms. The predicted octanol–water partition coefficient (Wildman–Crippen LogP) is 3.50. The minimum atomic E-state index is -1.08. The first-order valence-corrected chi connectivity index (χ1v) is 10.6. The van der Waals surface area contributed by atoms with E-state index in [-0.39, 0.29) is 29.5 Å². The molecule has 2 amide bonds. The lowest BCUT2D eigenvalue weighted by Crippen LogP contribution is -2.48. The Balaban J connectivity index is 1.48. The maximum Gasteiger partial charge on any atom is 0.330 e. The third-order valence-corrected chi connectivity index (χ3v) is 5.21. The monoisotopic (exact) mass is 449 g/mol. The van der Waals surface area contributed by atoms with Crippen LogP contribution in [0.3, 0.4) is 0 Å². The summed E-state index contributed by atoms with van der Waals surface area (Å²) in [6.45, 7) is 5.54. The van der Waals surface area contributed by atoms with Gasteiger partial charge in [-0.15, -0.1) is 0 Å². The van der Waals surface area contributed by atoms with Gasteiger partial charge in [0.15, 0.2) is 6.61 Å². The molecule has 0 aliphatic carbocycles. The molecule has 1 aliphatic rings. The van der Waals surface area contributed by atoms with Crippen molar-refractivity contribution in [1.29, 1.82) is 0 Å². The van der Waals surface area contributed by atoms with Crippen molar-refractivity contribution < 1.29 is 28.4 Å². The van der Waals surface area contributed by atoms with Gasteiger partial charge in [-0.1, -0.05) is 43.3 Å². The van der Waals surface area contributed by atoms with Crippen molar-refractivity contribution in [3.05, 3.63) is 65.5 Å². The summed E-state index contributed by atoms with van der Waals surface area (Å²) in [5.41, 5.74) is 1.19. The molecule has 3 aromatic rings. The fourth-order valence-electron chi connectivity index (χ4n) is 3.71. The fourth-order valence-corrected chi connectivity index (χ4v) is 3.71. The Morgan fingerprint density at radius 2 is 1.61 bits per heavy atom. The second-order valence-electron chi connectivity index (χ2n) is 7.76. The van der Waals surface area contributed by atoms with E-state index in [0.717, 1.165) is 4.90 Å². The van der Waals surface area contributed by atoms with Crippen molar-refractivity contribution in [3.63, 3.8) is 0 Å². The highest BCUT2D eigenvalue weighted by Crippen LogP contribution is 2.29. The first-order chi connectivity index (χ1) is 15.9. The number of para-hydroxylation sites is 1. The van der Waals surface area contributed by atoms with Gasteiger partial charge in [0.25, 0.3) is 17.7 Å². The van der Waals surface area contributed by atoms with E-state index < -0.39 is 23.8 Å². The average molecular weight is 449 g/mol. The summed E-state index contributed by atoms with van der Waals surface area (Å²) in [5, 5.41) is 3.94. The molecule has 9 heteroatoms. The van der Waals surface area contributed by atoms with E-state index in [1.165, 1.54) is 0 Å². The highest BCUT2D eigenvalue weighted by molar-refractivity contribution is 6.22. The number of carbonyl (C=O) groups is 3. The van der Waals surface area contributed by atoms with Crippen LogP contribution >= 0.6 is 0 Å². The van der Waals surface area contributed by atoms with Crippen LogP contribution in [0.25, 0.3) is 11.4 Å². The van der Waals surface area contributed by atoms with Gasteiger partial charge in [0.1, 0.15) is 11.8 Å². The molecule has 0 N–H and O–H groups in total. The van der Waals surface area contributed by atoms with Crippen LogP contribution in [-0.4, -0.2) is 45.5 Å². The van der Waals surface area contributed by atoms with Crippen LogP contribution in [0.5, 0.6) is 5.75 Å². The second-order valence-corrected chi connectivity index (χ2v) is 7.76. The van der Waals surface area contributed by atoms with Gasteiger partial charge in [0, 0.05) is 0 Å². The van der Waals surface area contributed by atoms with Gasteiger partial charge >= 0.3 is 5.97 Å². The van der Waals surface area contributed by atoms with Crippen LogP contribution < -0.4 is 4.74 Å². The topological polar surface area (TPSA) is 112 Å². The first kappa shape index (κ1) is 22.2. The summed E-state index contributed by atoms with van der Waals surface area (Å²) in [4.78, 5) is 43.8. The number of fused-ring (bicyclic) bond motifs is 1. The quantitative estimate of drug-likeness (QED) is 0.379. The number of hydrogen-bond donors (Lipinski definition) is 0. The largest absolute Gasteiger partial charge is 0.493 e. The third-order valence-electron chi connectivity index (χ3n) is 5.21. The molecule has 0 fully saturated rings. The Hall–Kier alpha value is -4.01. The zero-order chi connectivity index (χ0) is 23.5. The van der Waals surface area contributed by atoms with Crippen LogP contribution in [0, 0.1) is 5.92 Å². The first-order valence-electron chi connectivity index (χ1n) is 10.6. The van der Waals surface area contributed by atoms with Gasteiger partial charge in [0.05, 0.1) is 23.3 Å². The molecule has 0 unspecified atom stereocenters. The smallest absolute Gasteiger partial charge is 0.330 e. The van der Waals surface area contributed by atoms with Gasteiger partial charge in [-0.2, -0.15) is 4.98 Å². The van der Waals surface area contributed by atoms with E-state index in [1.54, 1.807) is 50.2 Å². The van der Waals surface area contributed by atoms with E-state index in [9.17, 15) is 14.4 Å². The molecular weight excluding hydrogens is 426 g/mol. The van der Waals surface area contributed by atoms with E-state index >= 15 is 0 Å². The van der Waals surface area contributed by atoms with Crippen molar-refractivity contribution in [2.24, 2.45) is 5.92 Å². The number of nitrogens with zero attached hydrogens (tertiary/aromatic N) is 3. The molecular formula is C24H23N3O6. The number of imide groups is 1. The SMILES string of the molecule is CCOc1ccccc1-c1noc(COC(=O)[C@H](C(C)C)N2C(=O)c3ccccc3C2=O)n1. The van der Waals surface area contributed by atoms with Crippen molar-refractivity contribution in [2.45, 2.75) is 33.4 Å². The Bertz CT molecular complexity index is 1170. The number of aromatic nitrogens is 2. The van der Waals surface area contributed by atoms with Gasteiger partial charge < -0.3 is 14.0 Å². The van der Waals surface area contributed by atoms with Crippen molar-refractivity contribution in [3.8, 4) is 17.1 Å². The number of rotatable bonds is 8. The number of amides is 2. The van der Waals surface area contributed by atoms with Gasteiger partial charge in [-0.3, -0.25) is 14.5 Å². The molecule has 0 radical (unpaired) electrons. The minimum absolute atomic E-state index is 0.0783. The Morgan fingerprint density at radius 3 is 2.21 bits per heavy atom. The summed E-state index contributed by atoms with van der Waals surface area (Å²) in [6, 6.07) is 12.6. The molecule has 1 aliphatic heterocycles. The lowest BCUT2D eigenvalue weighted by atomic mass is 10.0. The third kappa shape index (κ3) is 4.21. The maximum atomic E-state index is 12.9. The number of benzene rings is 2. The average Bonchev–Trinajstić information content (AvgIpc) is 3.38. The molecule has 4 rings (SSSR count). The van der Waals surface area contributed by atoms with Gasteiger partial charge in [-0.25, -0.2) is 4.79 Å². The molecule has 2 aromatic carbocycles. The number of ether oxygens (including phenoxy) is 2. The summed E-state index contributed by atoms with van der Waals surface area (Å²) >= 11 is 0. The maximum absolute atomic E-state index is 12.9. The highest BCUT2D eigenvalue weighted by Gasteiger charge is 2.44. The van der Waals surface area contributed by atoms with Crippen molar-refractivity contribution >= 4 is 17.8 Å². The normalized spacial score (nSPS) is 13.9. The molecule has 0 bridgehead atoms. The molecule has 0 saturated carbocycles. The van der Waals surface area contributed by atoms with E-state index in [0.29, 0.717) is 23.7 Å². The summed E-state index contributed by atoms with van der Waals surface area (Å²) < 4.78 is 16.2. The van der Waals surface area contributed by atoms with Crippen molar-refractivity contribution in [2.75, 3.05) is 6.61 Å². The molecule has 33 heavy (non-hydrogen) atoms. The number of esters is 1. The van der Waals surface area contributed by atoms with E-state index in [2.05, 4.69) is 10.1 Å². The predicted molar refractivity (Wildman–Crippen MR) is 116 cm³/mol. The minimum Gasteiger partial charge on any atom is -0.493 e. The number of carbonyl (C=O) groups excluding carboxylic acids is 3. The lowest BCUT2D eigenvalue weighted by molar-refractivity contribution is -0.152. The lowest BCUT2D eigenvalue weighted by Gasteiger charge is -2.27. The zero-order valence-corrected chi connectivity index (χ0v) is 18.5. The summed E-state index contributed by atoms with van der Waals surface area (Å²) in [7, 11) is 0. The summed E-state index contributed by atoms with van der Waals surface area (Å²) in [5.74, 6) is -1.14. The standard InChI is InChI=1S/C24H23N3O6/c1-4-31-18-12-8-7-11-17(18)21-25-19(33-26-21)13-32-24(30)20(14(2)3)27-22(28)15-9-5-6-10-16(15)23(27)29/h5-12,14,20H,4,13H2,1-3H3/t20-/m0/s1. The molecule has 2 heterocycles. The second kappa shape index (κ2) is 9.23. The van der Waals surface area contributed by atoms with Crippen LogP contribution in [0.4, 0.5) is 0 Å². The molecule has 9 nitrogen and oxygen atoms in total. The molecule has 0 saturated heterocycles. The van der Waals surface area contributed by atoms with Gasteiger partial charge in [0.2, 0.25) is 5.82 Å². The summed E-state index contributed by atoms with van der Waals surface area (Å²) in [6.07, 6.45) is 0. The number of hydrogen-bond acceptors (Lipinski definition) is 8. The Labute approximate surface area is 190 Å². The molecule has 1 aromatic heterocycles. The van der Waals surface area contributed by atoms with Crippen molar-refractivity contribution in [1.82, 2.24) is 15.0 Å². The van der Waals surface area contributed by atoms with Gasteiger partial charge in [-0.05, 0) is 37.1 Å². The zero-order valence-electron chi connectivity index (χ0n) is 18.5. The van der Waals surface area contributed by atoms with E-state index in [1.807, 2.05) is 19.1 Å². The Morgan fingerprint density at radius 1 is 1.00 bits per heavy atom. The van der Waals surface area contributed by atoms with Crippen LogP contribution in [-0.2, 0) is 16.1 Å². The highest BCUT2D eigenvalue weighted by atomic mass is 16.6. The molecule has 1 atom stereocenters. The molecule has 170 valence electrons. The fraction of sp³-hybridized carbons (Fsp3) is 0.292. The van der Waals surface area contributed by atoms with Crippen LogP contribution in [0.2, 0.25) is 0 Å². The van der Waals surface area contributed by atoms with E-state index in [4.69, 9.17) is 14.0 Å². The van der Waals surface area contributed by atoms with Crippen LogP contribution in [0.1, 0.15) is 47.4 Å². The van der Waals surface area contributed by atoms with Crippen LogP contribution in [0.15, 0.2) is 53.1 Å². The Kier molecular flexibility index (Phi) is 6.21.